The summed E-state index contributed by atoms with van der Waals surface area (Å²) in [5, 5.41) is 10.6. The topological polar surface area (TPSA) is 29.9 Å². The summed E-state index contributed by atoms with van der Waals surface area (Å²) >= 11 is 3.51. The maximum atomic E-state index is 4.65. The standard InChI is InChI=1S/C17H16BrN3/c18-14-3-1-13-10-17(6-2-12(13)9-14)21-8-7-16(20-21)11-19-15-4-5-15/h1-3,6-10,15,19H,4-5,11H2. The van der Waals surface area contributed by atoms with Crippen molar-refractivity contribution >= 4 is 26.7 Å². The highest BCUT2D eigenvalue weighted by Crippen LogP contribution is 2.22. The van der Waals surface area contributed by atoms with Crippen molar-refractivity contribution in [3.05, 3.63) is 58.8 Å². The molecule has 1 saturated carbocycles. The molecule has 1 heterocycles. The second-order valence-electron chi connectivity index (χ2n) is 5.58. The van der Waals surface area contributed by atoms with Crippen LogP contribution in [0.5, 0.6) is 0 Å². The van der Waals surface area contributed by atoms with Gasteiger partial charge in [0.2, 0.25) is 0 Å². The zero-order valence-corrected chi connectivity index (χ0v) is 13.2. The van der Waals surface area contributed by atoms with E-state index in [0.717, 1.165) is 22.4 Å². The summed E-state index contributed by atoms with van der Waals surface area (Å²) in [7, 11) is 0. The van der Waals surface area contributed by atoms with Gasteiger partial charge in [0, 0.05) is 23.3 Å². The van der Waals surface area contributed by atoms with Gasteiger partial charge in [-0.05, 0) is 53.9 Å². The van der Waals surface area contributed by atoms with Gasteiger partial charge in [-0.1, -0.05) is 28.1 Å². The molecule has 3 aromatic rings. The van der Waals surface area contributed by atoms with E-state index in [9.17, 15) is 0 Å². The molecule has 3 nitrogen and oxygen atoms in total. The Bertz CT molecular complexity index is 790. The zero-order valence-electron chi connectivity index (χ0n) is 11.6. The maximum Gasteiger partial charge on any atom is 0.0766 e. The Labute approximate surface area is 132 Å². The normalized spacial score (nSPS) is 14.7. The van der Waals surface area contributed by atoms with Crippen molar-refractivity contribution in [1.29, 1.82) is 0 Å². The van der Waals surface area contributed by atoms with E-state index >= 15 is 0 Å². The first-order valence-corrected chi connectivity index (χ1v) is 8.05. The van der Waals surface area contributed by atoms with E-state index < -0.39 is 0 Å². The number of benzene rings is 2. The van der Waals surface area contributed by atoms with Crippen LogP contribution in [0.1, 0.15) is 18.5 Å². The number of fused-ring (bicyclic) bond motifs is 1. The number of hydrogen-bond acceptors (Lipinski definition) is 2. The molecule has 0 spiro atoms. The predicted molar refractivity (Wildman–Crippen MR) is 88.6 cm³/mol. The molecule has 4 heteroatoms. The first-order valence-electron chi connectivity index (χ1n) is 7.25. The highest BCUT2D eigenvalue weighted by molar-refractivity contribution is 9.10. The van der Waals surface area contributed by atoms with Crippen LogP contribution in [0.4, 0.5) is 0 Å². The van der Waals surface area contributed by atoms with E-state index in [1.807, 2.05) is 10.9 Å². The lowest BCUT2D eigenvalue weighted by molar-refractivity contribution is 0.665. The van der Waals surface area contributed by atoms with Gasteiger partial charge in [0.1, 0.15) is 0 Å². The predicted octanol–water partition coefficient (Wildman–Crippen LogP) is 4.04. The Kier molecular flexibility index (Phi) is 3.28. The molecule has 0 amide bonds. The first kappa shape index (κ1) is 13.0. The van der Waals surface area contributed by atoms with Crippen LogP contribution in [0.2, 0.25) is 0 Å². The summed E-state index contributed by atoms with van der Waals surface area (Å²) in [6.45, 7) is 0.859. The van der Waals surface area contributed by atoms with E-state index in [0.29, 0.717) is 6.04 Å². The summed E-state index contributed by atoms with van der Waals surface area (Å²) in [6.07, 6.45) is 4.64. The van der Waals surface area contributed by atoms with Crippen LogP contribution >= 0.6 is 15.9 Å². The lowest BCUT2D eigenvalue weighted by Gasteiger charge is -2.05. The van der Waals surface area contributed by atoms with Gasteiger partial charge < -0.3 is 5.32 Å². The summed E-state index contributed by atoms with van der Waals surface area (Å²) in [4.78, 5) is 0. The number of hydrogen-bond donors (Lipinski definition) is 1. The van der Waals surface area contributed by atoms with Crippen molar-refractivity contribution in [2.45, 2.75) is 25.4 Å². The van der Waals surface area contributed by atoms with Crippen LogP contribution in [0.25, 0.3) is 16.5 Å². The highest BCUT2D eigenvalue weighted by Gasteiger charge is 2.20. The third-order valence-electron chi connectivity index (χ3n) is 3.84. The summed E-state index contributed by atoms with van der Waals surface area (Å²) < 4.78 is 3.06. The Morgan fingerprint density at radius 3 is 2.76 bits per heavy atom. The fraction of sp³-hybridized carbons (Fsp3) is 0.235. The Morgan fingerprint density at radius 1 is 1.10 bits per heavy atom. The van der Waals surface area contributed by atoms with Gasteiger partial charge in [-0.25, -0.2) is 4.68 Å². The van der Waals surface area contributed by atoms with Crippen molar-refractivity contribution < 1.29 is 0 Å². The Morgan fingerprint density at radius 2 is 1.90 bits per heavy atom. The quantitative estimate of drug-likeness (QED) is 0.776. The van der Waals surface area contributed by atoms with E-state index in [1.54, 1.807) is 0 Å². The molecule has 106 valence electrons. The maximum absolute atomic E-state index is 4.65. The number of aromatic nitrogens is 2. The molecule has 0 saturated heterocycles. The van der Waals surface area contributed by atoms with Crippen molar-refractivity contribution in [2.75, 3.05) is 0 Å². The third kappa shape index (κ3) is 2.87. The lowest BCUT2D eigenvalue weighted by atomic mass is 10.1. The third-order valence-corrected chi connectivity index (χ3v) is 4.34. The zero-order chi connectivity index (χ0) is 14.2. The number of nitrogens with zero attached hydrogens (tertiary/aromatic N) is 2. The molecule has 0 atom stereocenters. The minimum absolute atomic E-state index is 0.717. The van der Waals surface area contributed by atoms with Crippen LogP contribution in [0.15, 0.2) is 53.1 Å². The van der Waals surface area contributed by atoms with Crippen molar-refractivity contribution in [2.24, 2.45) is 0 Å². The van der Waals surface area contributed by atoms with Gasteiger partial charge in [-0.15, -0.1) is 0 Å². The molecule has 1 N–H and O–H groups in total. The van der Waals surface area contributed by atoms with Crippen LogP contribution in [-0.4, -0.2) is 15.8 Å². The summed E-state index contributed by atoms with van der Waals surface area (Å²) in [5.74, 6) is 0. The van der Waals surface area contributed by atoms with E-state index in [1.165, 1.54) is 23.6 Å². The van der Waals surface area contributed by atoms with E-state index in [-0.39, 0.29) is 0 Å². The molecule has 21 heavy (non-hydrogen) atoms. The van der Waals surface area contributed by atoms with Gasteiger partial charge in [-0.3, -0.25) is 0 Å². The number of halogens is 1. The van der Waals surface area contributed by atoms with Crippen molar-refractivity contribution in [1.82, 2.24) is 15.1 Å². The molecule has 2 aromatic carbocycles. The van der Waals surface area contributed by atoms with Gasteiger partial charge >= 0.3 is 0 Å². The average Bonchev–Trinajstić information content (AvgIpc) is 3.21. The van der Waals surface area contributed by atoms with Gasteiger partial charge in [0.25, 0.3) is 0 Å². The van der Waals surface area contributed by atoms with E-state index in [4.69, 9.17) is 0 Å². The first-order chi connectivity index (χ1) is 10.3. The summed E-state index contributed by atoms with van der Waals surface area (Å²) in [6, 6.07) is 15.6. The van der Waals surface area contributed by atoms with Crippen molar-refractivity contribution in [3.63, 3.8) is 0 Å². The molecule has 1 aliphatic carbocycles. The molecule has 4 rings (SSSR count). The molecule has 1 aliphatic rings. The Balaban J connectivity index is 1.61. The SMILES string of the molecule is Brc1ccc2cc(-n3ccc(CNC4CC4)n3)ccc2c1. The van der Waals surface area contributed by atoms with Crippen LogP contribution < -0.4 is 5.32 Å². The molecular formula is C17H16BrN3. The molecule has 0 aliphatic heterocycles. The minimum Gasteiger partial charge on any atom is -0.308 e. The van der Waals surface area contributed by atoms with Crippen molar-refractivity contribution in [3.8, 4) is 5.69 Å². The van der Waals surface area contributed by atoms with E-state index in [2.05, 4.69) is 68.8 Å². The molecule has 0 radical (unpaired) electrons. The van der Waals surface area contributed by atoms with Gasteiger partial charge in [0.15, 0.2) is 0 Å². The average molecular weight is 342 g/mol. The second kappa shape index (κ2) is 5.28. The number of rotatable bonds is 4. The molecule has 1 aromatic heterocycles. The lowest BCUT2D eigenvalue weighted by Crippen LogP contribution is -2.15. The largest absolute Gasteiger partial charge is 0.308 e. The summed E-state index contributed by atoms with van der Waals surface area (Å²) in [5.41, 5.74) is 2.19. The second-order valence-corrected chi connectivity index (χ2v) is 6.50. The van der Waals surface area contributed by atoms with Gasteiger partial charge in [0.05, 0.1) is 11.4 Å². The van der Waals surface area contributed by atoms with Crippen LogP contribution in [0, 0.1) is 0 Å². The monoisotopic (exact) mass is 341 g/mol. The number of nitrogens with one attached hydrogen (secondary N) is 1. The minimum atomic E-state index is 0.717. The van der Waals surface area contributed by atoms with Crippen LogP contribution in [-0.2, 0) is 6.54 Å². The fourth-order valence-corrected chi connectivity index (χ4v) is 2.86. The molecule has 0 unspecified atom stereocenters. The Hall–Kier alpha value is -1.65. The van der Waals surface area contributed by atoms with Gasteiger partial charge in [-0.2, -0.15) is 5.10 Å². The smallest absolute Gasteiger partial charge is 0.0766 e. The molecule has 0 bridgehead atoms. The fourth-order valence-electron chi connectivity index (χ4n) is 2.48. The molecular weight excluding hydrogens is 326 g/mol. The molecule has 1 fully saturated rings. The van der Waals surface area contributed by atoms with Crippen LogP contribution in [0.3, 0.4) is 0 Å². The highest BCUT2D eigenvalue weighted by atomic mass is 79.9.